The minimum atomic E-state index is -0.413. The first-order valence-corrected chi connectivity index (χ1v) is 4.16. The van der Waals surface area contributed by atoms with Crippen molar-refractivity contribution < 1.29 is 4.74 Å². The van der Waals surface area contributed by atoms with Crippen molar-refractivity contribution >= 4 is 11.6 Å². The molecule has 0 saturated carbocycles. The average Bonchev–Trinajstić information content (AvgIpc) is 2.02. The van der Waals surface area contributed by atoms with Gasteiger partial charge in [0, 0.05) is 19.3 Å². The number of hydrogen-bond acceptors (Lipinski definition) is 3. The van der Waals surface area contributed by atoms with E-state index in [4.69, 9.17) is 16.3 Å². The summed E-state index contributed by atoms with van der Waals surface area (Å²) in [5, 5.41) is 2.63. The first kappa shape index (κ1) is 7.40. The van der Waals surface area contributed by atoms with E-state index in [9.17, 15) is 0 Å². The Morgan fingerprint density at radius 1 is 1.45 bits per heavy atom. The third-order valence-electron chi connectivity index (χ3n) is 2.06. The average molecular weight is 175 g/mol. The van der Waals surface area contributed by atoms with Crippen LogP contribution in [0.1, 0.15) is 0 Å². The molecule has 1 unspecified atom stereocenters. The van der Waals surface area contributed by atoms with Crippen molar-refractivity contribution in [2.24, 2.45) is 0 Å². The fraction of sp³-hybridized carbons (Fsp3) is 0.714. The Kier molecular flexibility index (Phi) is 1.79. The van der Waals surface area contributed by atoms with Gasteiger partial charge in [-0.1, -0.05) is 11.6 Å². The molecule has 1 fully saturated rings. The molecular weight excluding hydrogens is 164 g/mol. The van der Waals surface area contributed by atoms with E-state index in [-0.39, 0.29) is 0 Å². The Labute approximate surface area is 71.0 Å². The third-order valence-corrected chi connectivity index (χ3v) is 2.54. The second-order valence-electron chi connectivity index (χ2n) is 2.75. The van der Waals surface area contributed by atoms with E-state index in [2.05, 4.69) is 10.2 Å². The highest BCUT2D eigenvalue weighted by Crippen LogP contribution is 2.25. The van der Waals surface area contributed by atoms with Crippen LogP contribution >= 0.6 is 11.6 Å². The first-order valence-electron chi connectivity index (χ1n) is 3.78. The lowest BCUT2D eigenvalue weighted by atomic mass is 10.2. The van der Waals surface area contributed by atoms with E-state index in [1.165, 1.54) is 0 Å². The molecule has 2 aliphatic rings. The Hall–Kier alpha value is -0.250. The Balaban J connectivity index is 1.97. The van der Waals surface area contributed by atoms with E-state index >= 15 is 0 Å². The third kappa shape index (κ3) is 1.24. The van der Waals surface area contributed by atoms with Crippen LogP contribution in [-0.2, 0) is 4.74 Å². The highest BCUT2D eigenvalue weighted by atomic mass is 35.5. The Bertz CT molecular complexity index is 179. The number of rotatable bonds is 1. The fourth-order valence-electron chi connectivity index (χ4n) is 1.31. The van der Waals surface area contributed by atoms with Crippen molar-refractivity contribution in [2.75, 3.05) is 26.3 Å². The summed E-state index contributed by atoms with van der Waals surface area (Å²) in [6, 6.07) is 0. The SMILES string of the molecule is ClC1(N2CCOCC2)C=CN1. The van der Waals surface area contributed by atoms with Crippen molar-refractivity contribution in [3.05, 3.63) is 12.3 Å². The lowest BCUT2D eigenvalue weighted by Crippen LogP contribution is -2.59. The van der Waals surface area contributed by atoms with Gasteiger partial charge in [0.25, 0.3) is 0 Å². The number of nitrogens with zero attached hydrogens (tertiary/aromatic N) is 1. The van der Waals surface area contributed by atoms with Crippen molar-refractivity contribution in [3.8, 4) is 0 Å². The summed E-state index contributed by atoms with van der Waals surface area (Å²) < 4.78 is 5.21. The van der Waals surface area contributed by atoms with Gasteiger partial charge in [0.2, 0.25) is 0 Å². The zero-order valence-corrected chi connectivity index (χ0v) is 6.97. The summed E-state index contributed by atoms with van der Waals surface area (Å²) >= 11 is 6.16. The molecule has 1 saturated heterocycles. The molecule has 3 nitrogen and oxygen atoms in total. The van der Waals surface area contributed by atoms with Crippen molar-refractivity contribution in [3.63, 3.8) is 0 Å². The predicted octanol–water partition coefficient (Wildman–Crippen LogP) is 0.328. The standard InChI is InChI=1S/C7H11ClN2O/c8-7(1-2-9-7)10-3-5-11-6-4-10/h1-2,9H,3-6H2. The van der Waals surface area contributed by atoms with Crippen LogP contribution in [0.4, 0.5) is 0 Å². The molecule has 11 heavy (non-hydrogen) atoms. The minimum Gasteiger partial charge on any atom is -0.379 e. The zero-order chi connectivity index (χ0) is 7.73. The van der Waals surface area contributed by atoms with Crippen LogP contribution in [0.15, 0.2) is 12.3 Å². The molecule has 2 rings (SSSR count). The number of alkyl halides is 1. The molecule has 0 amide bonds. The molecule has 0 aliphatic carbocycles. The van der Waals surface area contributed by atoms with Gasteiger partial charge in [0.15, 0.2) is 5.12 Å². The highest BCUT2D eigenvalue weighted by Gasteiger charge is 2.36. The summed E-state index contributed by atoms with van der Waals surface area (Å²) in [6.45, 7) is 3.37. The van der Waals surface area contributed by atoms with E-state index in [0.29, 0.717) is 0 Å². The normalized spacial score (nSPS) is 37.9. The Morgan fingerprint density at radius 3 is 2.55 bits per heavy atom. The lowest BCUT2D eigenvalue weighted by molar-refractivity contribution is 0.00710. The fourth-order valence-corrected chi connectivity index (χ4v) is 1.60. The van der Waals surface area contributed by atoms with Crippen molar-refractivity contribution in [1.82, 2.24) is 10.2 Å². The van der Waals surface area contributed by atoms with Crippen LogP contribution in [0.25, 0.3) is 0 Å². The first-order chi connectivity index (χ1) is 5.31. The predicted molar refractivity (Wildman–Crippen MR) is 43.3 cm³/mol. The molecule has 4 heteroatoms. The molecule has 0 spiro atoms. The number of halogens is 1. The second kappa shape index (κ2) is 2.66. The number of nitrogens with one attached hydrogen (secondary N) is 1. The van der Waals surface area contributed by atoms with Gasteiger partial charge in [-0.2, -0.15) is 0 Å². The van der Waals surface area contributed by atoms with Gasteiger partial charge in [0.05, 0.1) is 13.2 Å². The van der Waals surface area contributed by atoms with Gasteiger partial charge in [-0.15, -0.1) is 0 Å². The number of hydrogen-bond donors (Lipinski definition) is 1. The van der Waals surface area contributed by atoms with Gasteiger partial charge in [-0.25, -0.2) is 0 Å². The van der Waals surface area contributed by atoms with Gasteiger partial charge >= 0.3 is 0 Å². The quantitative estimate of drug-likeness (QED) is 0.458. The molecule has 62 valence electrons. The molecule has 2 heterocycles. The van der Waals surface area contributed by atoms with Crippen LogP contribution in [0.2, 0.25) is 0 Å². The molecule has 1 atom stereocenters. The molecule has 1 N–H and O–H groups in total. The lowest BCUT2D eigenvalue weighted by Gasteiger charge is -2.43. The smallest absolute Gasteiger partial charge is 0.189 e. The van der Waals surface area contributed by atoms with Crippen LogP contribution < -0.4 is 5.32 Å². The van der Waals surface area contributed by atoms with E-state index in [1.807, 2.05) is 12.3 Å². The molecule has 0 bridgehead atoms. The summed E-state index contributed by atoms with van der Waals surface area (Å²) in [5.41, 5.74) is 0. The second-order valence-corrected chi connectivity index (χ2v) is 3.33. The van der Waals surface area contributed by atoms with Gasteiger partial charge < -0.3 is 10.1 Å². The molecule has 2 aliphatic heterocycles. The monoisotopic (exact) mass is 174 g/mol. The summed E-state index contributed by atoms with van der Waals surface area (Å²) in [4.78, 5) is 2.16. The van der Waals surface area contributed by atoms with Gasteiger partial charge in [-0.3, -0.25) is 4.90 Å². The number of ether oxygens (including phenoxy) is 1. The summed E-state index contributed by atoms with van der Waals surface area (Å²) in [6.07, 6.45) is 3.82. The molecule has 0 radical (unpaired) electrons. The van der Waals surface area contributed by atoms with Gasteiger partial charge in [0.1, 0.15) is 0 Å². The molecular formula is C7H11ClN2O. The largest absolute Gasteiger partial charge is 0.379 e. The van der Waals surface area contributed by atoms with Crippen LogP contribution in [0.5, 0.6) is 0 Å². The van der Waals surface area contributed by atoms with Crippen molar-refractivity contribution in [1.29, 1.82) is 0 Å². The summed E-state index contributed by atoms with van der Waals surface area (Å²) in [5.74, 6) is 0. The van der Waals surface area contributed by atoms with Crippen LogP contribution in [-0.4, -0.2) is 36.3 Å². The zero-order valence-electron chi connectivity index (χ0n) is 6.22. The van der Waals surface area contributed by atoms with E-state index < -0.39 is 5.12 Å². The summed E-state index contributed by atoms with van der Waals surface area (Å²) in [7, 11) is 0. The highest BCUT2D eigenvalue weighted by molar-refractivity contribution is 6.25. The van der Waals surface area contributed by atoms with Gasteiger partial charge in [-0.05, 0) is 6.08 Å². The number of morpholine rings is 1. The minimum absolute atomic E-state index is 0.413. The molecule has 0 aromatic heterocycles. The molecule has 0 aromatic rings. The van der Waals surface area contributed by atoms with Crippen LogP contribution in [0.3, 0.4) is 0 Å². The maximum absolute atomic E-state index is 6.16. The van der Waals surface area contributed by atoms with Crippen LogP contribution in [0, 0.1) is 0 Å². The molecule has 0 aromatic carbocycles. The van der Waals surface area contributed by atoms with E-state index in [0.717, 1.165) is 26.3 Å². The van der Waals surface area contributed by atoms with Crippen molar-refractivity contribution in [2.45, 2.75) is 5.12 Å². The van der Waals surface area contributed by atoms with E-state index in [1.54, 1.807) is 0 Å². The topological polar surface area (TPSA) is 24.5 Å². The maximum atomic E-state index is 6.16. The Morgan fingerprint density at radius 2 is 2.09 bits per heavy atom. The maximum Gasteiger partial charge on any atom is 0.189 e.